The fraction of sp³-hybridized carbons (Fsp3) is 0.250. The van der Waals surface area contributed by atoms with E-state index in [2.05, 4.69) is 5.32 Å². The molecule has 0 fully saturated rings. The molecule has 27 heavy (non-hydrogen) atoms. The van der Waals surface area contributed by atoms with Crippen molar-refractivity contribution in [3.63, 3.8) is 0 Å². The summed E-state index contributed by atoms with van der Waals surface area (Å²) >= 11 is 0. The molecule has 1 unspecified atom stereocenters. The first-order chi connectivity index (χ1) is 12.7. The molecule has 0 aromatic heterocycles. The highest BCUT2D eigenvalue weighted by molar-refractivity contribution is 7.54. The molecule has 0 aliphatic heterocycles. The smallest absolute Gasteiger partial charge is 0.356 e. The van der Waals surface area contributed by atoms with Crippen molar-refractivity contribution in [1.82, 2.24) is 0 Å². The van der Waals surface area contributed by atoms with Crippen LogP contribution in [0.2, 0.25) is 0 Å². The van der Waals surface area contributed by atoms with Crippen LogP contribution < -0.4 is 10.1 Å². The highest BCUT2D eigenvalue weighted by Gasteiger charge is 2.38. The Morgan fingerprint density at radius 3 is 1.67 bits per heavy atom. The first-order valence-electron chi connectivity index (χ1n) is 7.33. The van der Waals surface area contributed by atoms with Gasteiger partial charge in [-0.15, -0.1) is 0 Å². The molecule has 11 heteroatoms. The molecule has 0 spiro atoms. The monoisotopic (exact) mass is 411 g/mol. The maximum atomic E-state index is 14.0. The predicted molar refractivity (Wildman–Crippen MR) is 87.2 cm³/mol. The maximum Gasteiger partial charge on any atom is 0.356 e. The number of rotatable bonds is 7. The zero-order valence-corrected chi connectivity index (χ0v) is 15.3. The van der Waals surface area contributed by atoms with Crippen LogP contribution in [-0.4, -0.2) is 21.3 Å². The molecule has 148 valence electrons. The van der Waals surface area contributed by atoms with E-state index in [0.717, 1.165) is 14.2 Å². The molecule has 2 rings (SSSR count). The van der Waals surface area contributed by atoms with Crippen molar-refractivity contribution in [3.8, 4) is 5.75 Å². The second-order valence-corrected chi connectivity index (χ2v) is 7.50. The van der Waals surface area contributed by atoms with Gasteiger partial charge in [0.1, 0.15) is 11.4 Å². The van der Waals surface area contributed by atoms with Gasteiger partial charge in [-0.3, -0.25) is 4.57 Å². The minimum Gasteiger partial charge on any atom is -0.497 e. The largest absolute Gasteiger partial charge is 0.497 e. The Hall–Kier alpha value is -2.16. The van der Waals surface area contributed by atoms with Crippen LogP contribution in [0, 0.1) is 29.1 Å². The van der Waals surface area contributed by atoms with Gasteiger partial charge in [0.05, 0.1) is 7.11 Å². The van der Waals surface area contributed by atoms with Crippen LogP contribution >= 0.6 is 7.60 Å². The van der Waals surface area contributed by atoms with Crippen LogP contribution in [0.4, 0.5) is 27.6 Å². The highest BCUT2D eigenvalue weighted by Crippen LogP contribution is 2.60. The second-order valence-electron chi connectivity index (χ2n) is 5.17. The molecule has 2 aromatic carbocycles. The molecule has 0 saturated heterocycles. The van der Waals surface area contributed by atoms with Gasteiger partial charge in [-0.25, -0.2) is 22.0 Å². The lowest BCUT2D eigenvalue weighted by atomic mass is 10.2. The van der Waals surface area contributed by atoms with E-state index < -0.39 is 48.2 Å². The van der Waals surface area contributed by atoms with Gasteiger partial charge in [0.15, 0.2) is 29.1 Å². The van der Waals surface area contributed by atoms with Crippen LogP contribution in [0.15, 0.2) is 24.3 Å². The molecule has 1 N–H and O–H groups in total. The third kappa shape index (κ3) is 3.92. The summed E-state index contributed by atoms with van der Waals surface area (Å²) in [6.45, 7) is 0. The average molecular weight is 411 g/mol. The Labute approximate surface area is 151 Å². The van der Waals surface area contributed by atoms with Gasteiger partial charge in [0.2, 0.25) is 5.82 Å². The molecule has 5 nitrogen and oxygen atoms in total. The zero-order valence-electron chi connectivity index (χ0n) is 14.4. The Morgan fingerprint density at radius 1 is 0.815 bits per heavy atom. The van der Waals surface area contributed by atoms with Crippen LogP contribution in [-0.2, 0) is 13.6 Å². The minimum absolute atomic E-state index is 0.131. The number of anilines is 1. The molecular formula is C16H15F5NO4P. The summed E-state index contributed by atoms with van der Waals surface area (Å²) in [4.78, 5) is 0. The van der Waals surface area contributed by atoms with Crippen LogP contribution in [0.5, 0.6) is 5.75 Å². The van der Waals surface area contributed by atoms with E-state index >= 15 is 0 Å². The first-order valence-corrected chi connectivity index (χ1v) is 8.94. The van der Waals surface area contributed by atoms with E-state index in [0.29, 0.717) is 5.75 Å². The molecule has 0 amide bonds. The number of benzene rings is 2. The number of hydrogen-bond donors (Lipinski definition) is 1. The number of nitrogens with one attached hydrogen (secondary N) is 1. The van der Waals surface area contributed by atoms with Crippen molar-refractivity contribution in [2.24, 2.45) is 0 Å². The second kappa shape index (κ2) is 8.24. The van der Waals surface area contributed by atoms with Crippen molar-refractivity contribution in [2.75, 3.05) is 26.6 Å². The van der Waals surface area contributed by atoms with E-state index in [1.54, 1.807) is 0 Å². The fourth-order valence-electron chi connectivity index (χ4n) is 2.28. The van der Waals surface area contributed by atoms with Gasteiger partial charge < -0.3 is 19.1 Å². The Balaban J connectivity index is 2.61. The maximum absolute atomic E-state index is 14.0. The van der Waals surface area contributed by atoms with Crippen molar-refractivity contribution in [1.29, 1.82) is 0 Å². The number of halogens is 5. The number of hydrogen-bond acceptors (Lipinski definition) is 5. The molecular weight excluding hydrogens is 396 g/mol. The van der Waals surface area contributed by atoms with E-state index in [1.165, 1.54) is 31.4 Å². The lowest BCUT2D eigenvalue weighted by Crippen LogP contribution is -2.17. The van der Waals surface area contributed by atoms with Gasteiger partial charge in [-0.2, -0.15) is 0 Å². The van der Waals surface area contributed by atoms with Crippen molar-refractivity contribution in [2.45, 2.75) is 5.78 Å². The lowest BCUT2D eigenvalue weighted by Gasteiger charge is -2.27. The van der Waals surface area contributed by atoms with E-state index in [1.807, 2.05) is 0 Å². The van der Waals surface area contributed by atoms with Crippen LogP contribution in [0.3, 0.4) is 0 Å². The zero-order chi connectivity index (χ0) is 20.4. The normalized spacial score (nSPS) is 12.7. The summed E-state index contributed by atoms with van der Waals surface area (Å²) in [5, 5.41) is 2.07. The van der Waals surface area contributed by atoms with E-state index in [-0.39, 0.29) is 5.56 Å². The standard InChI is InChI=1S/C16H15F5NO4P/c1-24-9-6-4-8(5-7-9)16(27(23,25-2)26-3)22-15-13(20)11(18)10(17)12(19)14(15)21/h4-7,16,22H,1-3H3. The Bertz CT molecular complexity index is 841. The fourth-order valence-corrected chi connectivity index (χ4v) is 3.68. The number of ether oxygens (including phenoxy) is 1. The van der Waals surface area contributed by atoms with E-state index in [9.17, 15) is 26.5 Å². The summed E-state index contributed by atoms with van der Waals surface area (Å²) < 4.78 is 95.7. The molecule has 2 aromatic rings. The Kier molecular flexibility index (Phi) is 6.46. The third-order valence-corrected chi connectivity index (χ3v) is 5.83. The van der Waals surface area contributed by atoms with Gasteiger partial charge >= 0.3 is 7.60 Å². The summed E-state index contributed by atoms with van der Waals surface area (Å²) in [5.41, 5.74) is -1.23. The minimum atomic E-state index is -4.11. The molecule has 1 atom stereocenters. The Morgan fingerprint density at radius 2 is 1.26 bits per heavy atom. The van der Waals surface area contributed by atoms with Gasteiger partial charge in [0, 0.05) is 14.2 Å². The predicted octanol–water partition coefficient (Wildman–Crippen LogP) is 4.99. The quantitative estimate of drug-likeness (QED) is 0.301. The van der Waals surface area contributed by atoms with E-state index in [4.69, 9.17) is 13.8 Å². The SMILES string of the molecule is COc1ccc(C(Nc2c(F)c(F)c(F)c(F)c2F)P(=O)(OC)OC)cc1. The molecule has 0 aliphatic carbocycles. The molecule has 0 heterocycles. The summed E-state index contributed by atoms with van der Waals surface area (Å²) in [6, 6.07) is 5.62. The topological polar surface area (TPSA) is 56.8 Å². The van der Waals surface area contributed by atoms with Crippen molar-refractivity contribution < 1.29 is 40.3 Å². The summed E-state index contributed by atoms with van der Waals surface area (Å²) in [6.07, 6.45) is 0. The van der Waals surface area contributed by atoms with Crippen LogP contribution in [0.25, 0.3) is 0 Å². The first kappa shape index (κ1) is 21.1. The van der Waals surface area contributed by atoms with Gasteiger partial charge in [-0.1, -0.05) is 12.1 Å². The summed E-state index contributed by atoms with van der Waals surface area (Å²) in [5.74, 6) is -12.0. The lowest BCUT2D eigenvalue weighted by molar-refractivity contribution is 0.268. The van der Waals surface area contributed by atoms with Crippen molar-refractivity contribution in [3.05, 3.63) is 58.9 Å². The molecule has 0 aliphatic rings. The molecule has 0 saturated carbocycles. The van der Waals surface area contributed by atoms with Gasteiger partial charge in [-0.05, 0) is 17.7 Å². The molecule has 0 radical (unpaired) electrons. The summed E-state index contributed by atoms with van der Waals surface area (Å²) in [7, 11) is -0.681. The third-order valence-electron chi connectivity index (χ3n) is 3.75. The highest BCUT2D eigenvalue weighted by atomic mass is 31.2. The number of methoxy groups -OCH3 is 1. The average Bonchev–Trinajstić information content (AvgIpc) is 2.70. The molecule has 0 bridgehead atoms. The van der Waals surface area contributed by atoms with Crippen LogP contribution in [0.1, 0.15) is 11.3 Å². The van der Waals surface area contributed by atoms with Gasteiger partial charge in [0.25, 0.3) is 0 Å². The van der Waals surface area contributed by atoms with Crippen molar-refractivity contribution >= 4 is 13.3 Å².